The molecule has 20 heavy (non-hydrogen) atoms. The first-order chi connectivity index (χ1) is 9.76. The summed E-state index contributed by atoms with van der Waals surface area (Å²) in [4.78, 5) is 6.64. The zero-order valence-electron chi connectivity index (χ0n) is 11.6. The first-order valence-electron chi connectivity index (χ1n) is 7.01. The van der Waals surface area contributed by atoms with Gasteiger partial charge in [0.15, 0.2) is 0 Å². The summed E-state index contributed by atoms with van der Waals surface area (Å²) in [7, 11) is 0. The van der Waals surface area contributed by atoms with Crippen LogP contribution in [0.4, 0.5) is 0 Å². The number of hydrogen-bond donors (Lipinski definition) is 1. The fraction of sp³-hybridized carbons (Fsp3) is 0.467. The van der Waals surface area contributed by atoms with E-state index in [9.17, 15) is 5.11 Å². The van der Waals surface area contributed by atoms with Crippen LogP contribution in [0.25, 0.3) is 11.4 Å². The van der Waals surface area contributed by atoms with Crippen molar-refractivity contribution in [2.75, 3.05) is 13.2 Å². The molecule has 1 aliphatic heterocycles. The van der Waals surface area contributed by atoms with Crippen molar-refractivity contribution in [3.63, 3.8) is 0 Å². The number of hydrogen-bond acceptors (Lipinski definition) is 5. The lowest BCUT2D eigenvalue weighted by molar-refractivity contribution is 0.141. The van der Waals surface area contributed by atoms with Crippen molar-refractivity contribution in [3.8, 4) is 11.4 Å². The van der Waals surface area contributed by atoms with Gasteiger partial charge in [-0.2, -0.15) is 4.98 Å². The summed E-state index contributed by atoms with van der Waals surface area (Å²) in [6.07, 6.45) is 2.15. The van der Waals surface area contributed by atoms with Gasteiger partial charge in [0.05, 0.1) is 13.2 Å². The Hall–Kier alpha value is -1.72. The van der Waals surface area contributed by atoms with Gasteiger partial charge in [-0.3, -0.25) is 4.90 Å². The van der Waals surface area contributed by atoms with E-state index >= 15 is 0 Å². The van der Waals surface area contributed by atoms with E-state index in [0.717, 1.165) is 24.9 Å². The van der Waals surface area contributed by atoms with Gasteiger partial charge in [-0.25, -0.2) is 0 Å². The Labute approximate surface area is 118 Å². The van der Waals surface area contributed by atoms with Gasteiger partial charge in [-0.15, -0.1) is 0 Å². The predicted octanol–water partition coefficient (Wildman–Crippen LogP) is 2.00. The lowest BCUT2D eigenvalue weighted by Crippen LogP contribution is -2.31. The lowest BCUT2D eigenvalue weighted by atomic mass is 10.1. The van der Waals surface area contributed by atoms with E-state index in [1.807, 2.05) is 31.2 Å². The lowest BCUT2D eigenvalue weighted by Gasteiger charge is -2.20. The largest absolute Gasteiger partial charge is 0.395 e. The van der Waals surface area contributed by atoms with Crippen LogP contribution < -0.4 is 0 Å². The van der Waals surface area contributed by atoms with E-state index < -0.39 is 0 Å². The third-order valence-electron chi connectivity index (χ3n) is 3.83. The molecule has 1 aromatic carbocycles. The molecule has 1 saturated heterocycles. The predicted molar refractivity (Wildman–Crippen MR) is 75.0 cm³/mol. The van der Waals surface area contributed by atoms with Crippen LogP contribution in [0.15, 0.2) is 28.8 Å². The zero-order chi connectivity index (χ0) is 13.9. The number of aromatic nitrogens is 2. The highest BCUT2D eigenvalue weighted by Gasteiger charge is 2.25. The summed E-state index contributed by atoms with van der Waals surface area (Å²) in [5, 5.41) is 13.3. The highest BCUT2D eigenvalue weighted by atomic mass is 16.5. The Morgan fingerprint density at radius 2 is 2.15 bits per heavy atom. The summed E-state index contributed by atoms with van der Waals surface area (Å²) in [5.74, 6) is 1.24. The van der Waals surface area contributed by atoms with Gasteiger partial charge in [0, 0.05) is 11.6 Å². The van der Waals surface area contributed by atoms with Gasteiger partial charge < -0.3 is 9.63 Å². The minimum absolute atomic E-state index is 0.193. The van der Waals surface area contributed by atoms with Gasteiger partial charge >= 0.3 is 0 Å². The van der Waals surface area contributed by atoms with Crippen LogP contribution in [0.1, 0.15) is 24.3 Å². The topological polar surface area (TPSA) is 62.4 Å². The SMILES string of the molecule is Cc1ccc(-c2noc(CN3CCC[C@@H]3CO)n2)cc1. The number of benzene rings is 1. The van der Waals surface area contributed by atoms with Crippen molar-refractivity contribution in [3.05, 3.63) is 35.7 Å². The molecule has 1 N–H and O–H groups in total. The first-order valence-corrected chi connectivity index (χ1v) is 7.01. The van der Waals surface area contributed by atoms with E-state index in [1.54, 1.807) is 0 Å². The molecule has 2 heterocycles. The van der Waals surface area contributed by atoms with Crippen LogP contribution in [0.3, 0.4) is 0 Å². The molecular weight excluding hydrogens is 254 g/mol. The maximum Gasteiger partial charge on any atom is 0.241 e. The number of rotatable bonds is 4. The molecule has 0 bridgehead atoms. The molecule has 3 rings (SSSR count). The molecule has 5 nitrogen and oxygen atoms in total. The van der Waals surface area contributed by atoms with Crippen molar-refractivity contribution in [1.29, 1.82) is 0 Å². The van der Waals surface area contributed by atoms with Crippen molar-refractivity contribution in [1.82, 2.24) is 15.0 Å². The Bertz CT molecular complexity index is 565. The van der Waals surface area contributed by atoms with Gasteiger partial charge in [0.25, 0.3) is 0 Å². The molecule has 106 valence electrons. The zero-order valence-corrected chi connectivity index (χ0v) is 11.6. The van der Waals surface area contributed by atoms with Crippen LogP contribution in [0, 0.1) is 6.92 Å². The highest BCUT2D eigenvalue weighted by molar-refractivity contribution is 5.54. The Kier molecular flexibility index (Phi) is 3.80. The summed E-state index contributed by atoms with van der Waals surface area (Å²) >= 11 is 0. The minimum Gasteiger partial charge on any atom is -0.395 e. The van der Waals surface area contributed by atoms with E-state index in [2.05, 4.69) is 15.0 Å². The van der Waals surface area contributed by atoms with Crippen molar-refractivity contribution < 1.29 is 9.63 Å². The number of aliphatic hydroxyl groups is 1. The summed E-state index contributed by atoms with van der Waals surface area (Å²) < 4.78 is 5.32. The van der Waals surface area contributed by atoms with Gasteiger partial charge in [-0.05, 0) is 26.3 Å². The third-order valence-corrected chi connectivity index (χ3v) is 3.83. The number of aryl methyl sites for hydroxylation is 1. The Morgan fingerprint density at radius 1 is 1.35 bits per heavy atom. The molecule has 0 radical (unpaired) electrons. The number of aliphatic hydroxyl groups excluding tert-OH is 1. The molecule has 1 atom stereocenters. The van der Waals surface area contributed by atoms with Gasteiger partial charge in [-0.1, -0.05) is 35.0 Å². The van der Waals surface area contributed by atoms with Crippen LogP contribution >= 0.6 is 0 Å². The number of likely N-dealkylation sites (tertiary alicyclic amines) is 1. The minimum atomic E-state index is 0.193. The van der Waals surface area contributed by atoms with Crippen molar-refractivity contribution in [2.45, 2.75) is 32.4 Å². The van der Waals surface area contributed by atoms with Crippen LogP contribution in [0.2, 0.25) is 0 Å². The summed E-state index contributed by atoms with van der Waals surface area (Å²) in [6.45, 7) is 3.84. The molecular formula is C15H19N3O2. The van der Waals surface area contributed by atoms with Crippen LogP contribution in [-0.4, -0.2) is 39.3 Å². The molecule has 0 unspecified atom stereocenters. The van der Waals surface area contributed by atoms with Crippen molar-refractivity contribution >= 4 is 0 Å². The highest BCUT2D eigenvalue weighted by Crippen LogP contribution is 2.21. The average molecular weight is 273 g/mol. The second kappa shape index (κ2) is 5.73. The van der Waals surface area contributed by atoms with E-state index in [0.29, 0.717) is 18.3 Å². The molecule has 2 aromatic rings. The average Bonchev–Trinajstić information content (AvgIpc) is 3.09. The monoisotopic (exact) mass is 273 g/mol. The fourth-order valence-electron chi connectivity index (χ4n) is 2.62. The molecule has 1 aromatic heterocycles. The maximum atomic E-state index is 9.32. The standard InChI is InChI=1S/C15H19N3O2/c1-11-4-6-12(7-5-11)15-16-14(20-17-15)9-18-8-2-3-13(18)10-19/h4-7,13,19H,2-3,8-10H2,1H3/t13-/m1/s1. The van der Waals surface area contributed by atoms with E-state index in [-0.39, 0.29) is 12.6 Å². The third kappa shape index (κ3) is 2.73. The normalized spacial score (nSPS) is 19.6. The van der Waals surface area contributed by atoms with Crippen molar-refractivity contribution in [2.24, 2.45) is 0 Å². The fourth-order valence-corrected chi connectivity index (χ4v) is 2.62. The second-order valence-corrected chi connectivity index (χ2v) is 5.33. The quantitative estimate of drug-likeness (QED) is 0.923. The first kappa shape index (κ1) is 13.3. The molecule has 1 fully saturated rings. The molecule has 0 amide bonds. The van der Waals surface area contributed by atoms with E-state index in [1.165, 1.54) is 5.56 Å². The molecule has 0 spiro atoms. The molecule has 0 aliphatic carbocycles. The molecule has 1 aliphatic rings. The Morgan fingerprint density at radius 3 is 2.90 bits per heavy atom. The summed E-state index contributed by atoms with van der Waals surface area (Å²) in [6, 6.07) is 8.29. The maximum absolute atomic E-state index is 9.32. The van der Waals surface area contributed by atoms with Crippen LogP contribution in [-0.2, 0) is 6.54 Å². The van der Waals surface area contributed by atoms with Gasteiger partial charge in [0.1, 0.15) is 0 Å². The second-order valence-electron chi connectivity index (χ2n) is 5.33. The van der Waals surface area contributed by atoms with E-state index in [4.69, 9.17) is 4.52 Å². The van der Waals surface area contributed by atoms with Crippen LogP contribution in [0.5, 0.6) is 0 Å². The molecule has 5 heteroatoms. The summed E-state index contributed by atoms with van der Waals surface area (Å²) in [5.41, 5.74) is 2.17. The van der Waals surface area contributed by atoms with Gasteiger partial charge in [0.2, 0.25) is 11.7 Å². The number of nitrogens with zero attached hydrogens (tertiary/aromatic N) is 3. The smallest absolute Gasteiger partial charge is 0.241 e. The Balaban J connectivity index is 1.72. The molecule has 0 saturated carbocycles.